The zero-order valence-corrected chi connectivity index (χ0v) is 10.8. The van der Waals surface area contributed by atoms with Gasteiger partial charge in [0.25, 0.3) is 0 Å². The lowest BCUT2D eigenvalue weighted by molar-refractivity contribution is 0.473. The molecule has 0 saturated carbocycles. The Labute approximate surface area is 97.9 Å². The molecule has 0 amide bonds. The van der Waals surface area contributed by atoms with Crippen molar-refractivity contribution in [3.05, 3.63) is 28.7 Å². The number of benzene rings is 1. The summed E-state index contributed by atoms with van der Waals surface area (Å²) in [5.74, 6) is 0. The van der Waals surface area contributed by atoms with Crippen LogP contribution in [0, 0.1) is 0 Å². The molecule has 0 bridgehead atoms. The van der Waals surface area contributed by atoms with Crippen LogP contribution in [0.15, 0.2) is 28.7 Å². The first-order chi connectivity index (χ1) is 6.84. The number of nitrogens with zero attached hydrogens (tertiary/aromatic N) is 1. The van der Waals surface area contributed by atoms with Gasteiger partial charge in [-0.2, -0.15) is 8.42 Å². The summed E-state index contributed by atoms with van der Waals surface area (Å²) in [7, 11) is -4.24. The maximum Gasteiger partial charge on any atom is 0.360 e. The second-order valence-electron chi connectivity index (χ2n) is 3.32. The van der Waals surface area contributed by atoms with Gasteiger partial charge in [0.2, 0.25) is 0 Å². The van der Waals surface area contributed by atoms with E-state index in [2.05, 4.69) is 15.9 Å². The first kappa shape index (κ1) is 12.5. The van der Waals surface area contributed by atoms with E-state index in [9.17, 15) is 8.42 Å². The van der Waals surface area contributed by atoms with Gasteiger partial charge in [-0.05, 0) is 41.9 Å². The maximum absolute atomic E-state index is 11.2. The van der Waals surface area contributed by atoms with E-state index in [-0.39, 0.29) is 6.04 Å². The molecule has 0 aliphatic rings. The third-order valence-electron chi connectivity index (χ3n) is 1.81. The van der Waals surface area contributed by atoms with Gasteiger partial charge in [0.1, 0.15) is 0 Å². The number of halogens is 1. The van der Waals surface area contributed by atoms with Crippen LogP contribution in [-0.4, -0.2) is 19.0 Å². The van der Waals surface area contributed by atoms with Crippen molar-refractivity contribution in [1.82, 2.24) is 0 Å². The van der Waals surface area contributed by atoms with Gasteiger partial charge in [-0.3, -0.25) is 4.55 Å². The van der Waals surface area contributed by atoms with Crippen LogP contribution < -0.4 is 4.31 Å². The van der Waals surface area contributed by atoms with Crippen LogP contribution in [0.2, 0.25) is 0 Å². The minimum atomic E-state index is -4.24. The van der Waals surface area contributed by atoms with Crippen molar-refractivity contribution in [1.29, 1.82) is 0 Å². The van der Waals surface area contributed by atoms with Crippen LogP contribution in [0.25, 0.3) is 0 Å². The summed E-state index contributed by atoms with van der Waals surface area (Å²) in [6.45, 7) is 3.38. The van der Waals surface area contributed by atoms with Crippen molar-refractivity contribution in [3.8, 4) is 0 Å². The first-order valence-electron chi connectivity index (χ1n) is 4.35. The molecule has 0 aliphatic heterocycles. The van der Waals surface area contributed by atoms with Gasteiger partial charge in [-0.15, -0.1) is 0 Å². The number of anilines is 1. The van der Waals surface area contributed by atoms with E-state index in [1.54, 1.807) is 38.1 Å². The number of para-hydroxylation sites is 1. The molecule has 4 nitrogen and oxygen atoms in total. The van der Waals surface area contributed by atoms with E-state index < -0.39 is 10.3 Å². The molecule has 1 aromatic carbocycles. The molecule has 15 heavy (non-hydrogen) atoms. The monoisotopic (exact) mass is 293 g/mol. The Kier molecular flexibility index (Phi) is 3.75. The van der Waals surface area contributed by atoms with Gasteiger partial charge in [-0.1, -0.05) is 12.1 Å². The Morgan fingerprint density at radius 2 is 1.87 bits per heavy atom. The molecule has 0 radical (unpaired) electrons. The zero-order chi connectivity index (χ0) is 11.6. The Hall–Kier alpha value is -0.590. The van der Waals surface area contributed by atoms with Gasteiger partial charge in [0.05, 0.1) is 5.69 Å². The summed E-state index contributed by atoms with van der Waals surface area (Å²) in [4.78, 5) is 0. The predicted molar refractivity (Wildman–Crippen MR) is 63.3 cm³/mol. The van der Waals surface area contributed by atoms with E-state index in [0.717, 1.165) is 4.31 Å². The summed E-state index contributed by atoms with van der Waals surface area (Å²) in [6, 6.07) is 6.48. The van der Waals surface area contributed by atoms with Crippen molar-refractivity contribution >= 4 is 31.9 Å². The summed E-state index contributed by atoms with van der Waals surface area (Å²) >= 11 is 3.24. The first-order valence-corrected chi connectivity index (χ1v) is 6.54. The van der Waals surface area contributed by atoms with Crippen molar-refractivity contribution in [3.63, 3.8) is 0 Å². The topological polar surface area (TPSA) is 57.6 Å². The van der Waals surface area contributed by atoms with E-state index >= 15 is 0 Å². The van der Waals surface area contributed by atoms with Crippen LogP contribution in [0.4, 0.5) is 5.69 Å². The van der Waals surface area contributed by atoms with Crippen molar-refractivity contribution < 1.29 is 13.0 Å². The molecule has 6 heteroatoms. The van der Waals surface area contributed by atoms with Crippen LogP contribution in [0.5, 0.6) is 0 Å². The molecule has 0 aromatic heterocycles. The Bertz CT molecular complexity index is 444. The second-order valence-corrected chi connectivity index (χ2v) is 5.46. The lowest BCUT2D eigenvalue weighted by Crippen LogP contribution is -2.36. The van der Waals surface area contributed by atoms with E-state index in [4.69, 9.17) is 4.55 Å². The number of rotatable bonds is 3. The summed E-state index contributed by atoms with van der Waals surface area (Å²) < 4.78 is 33.1. The van der Waals surface area contributed by atoms with Crippen LogP contribution in [0.3, 0.4) is 0 Å². The second kappa shape index (κ2) is 4.51. The Balaban J connectivity index is 3.29. The molecule has 0 spiro atoms. The average molecular weight is 294 g/mol. The molecule has 1 aromatic rings. The molecule has 84 valence electrons. The van der Waals surface area contributed by atoms with Crippen molar-refractivity contribution in [2.45, 2.75) is 19.9 Å². The molecule has 1 rings (SSSR count). The van der Waals surface area contributed by atoms with Gasteiger partial charge >= 0.3 is 10.3 Å². The fraction of sp³-hybridized carbons (Fsp3) is 0.333. The molecular weight excluding hydrogens is 282 g/mol. The fourth-order valence-electron chi connectivity index (χ4n) is 1.30. The highest BCUT2D eigenvalue weighted by atomic mass is 79.9. The quantitative estimate of drug-likeness (QED) is 0.871. The van der Waals surface area contributed by atoms with Crippen LogP contribution in [-0.2, 0) is 10.3 Å². The molecule has 0 saturated heterocycles. The molecule has 0 aliphatic carbocycles. The van der Waals surface area contributed by atoms with Gasteiger partial charge in [0, 0.05) is 10.5 Å². The normalized spacial score (nSPS) is 11.8. The summed E-state index contributed by atoms with van der Waals surface area (Å²) in [5, 5.41) is 0. The minimum Gasteiger partial charge on any atom is -0.269 e. The molecular formula is C9H12BrNO3S. The highest BCUT2D eigenvalue weighted by molar-refractivity contribution is 9.10. The SMILES string of the molecule is CC(C)N(c1ccccc1Br)S(=O)(=O)O. The van der Waals surface area contributed by atoms with Crippen LogP contribution >= 0.6 is 15.9 Å². The zero-order valence-electron chi connectivity index (χ0n) is 8.38. The fourth-order valence-corrected chi connectivity index (χ4v) is 2.83. The van der Waals surface area contributed by atoms with Gasteiger partial charge in [-0.25, -0.2) is 4.31 Å². The third kappa shape index (κ3) is 2.93. The highest BCUT2D eigenvalue weighted by Gasteiger charge is 2.24. The number of hydrogen-bond donors (Lipinski definition) is 1. The Morgan fingerprint density at radius 1 is 1.33 bits per heavy atom. The van der Waals surface area contributed by atoms with Crippen molar-refractivity contribution in [2.75, 3.05) is 4.31 Å². The Morgan fingerprint density at radius 3 is 2.27 bits per heavy atom. The molecule has 0 atom stereocenters. The van der Waals surface area contributed by atoms with E-state index in [0.29, 0.717) is 10.2 Å². The van der Waals surface area contributed by atoms with Crippen molar-refractivity contribution in [2.24, 2.45) is 0 Å². The standard InChI is InChI=1S/C9H12BrNO3S/c1-7(2)11(15(12,13)14)9-6-4-3-5-8(9)10/h3-7H,1-2H3,(H,12,13,14). The predicted octanol–water partition coefficient (Wildman–Crippen LogP) is 2.47. The largest absolute Gasteiger partial charge is 0.360 e. The van der Waals surface area contributed by atoms with Crippen LogP contribution in [0.1, 0.15) is 13.8 Å². The average Bonchev–Trinajstić information content (AvgIpc) is 2.05. The van der Waals surface area contributed by atoms with Gasteiger partial charge in [0.15, 0.2) is 0 Å². The lowest BCUT2D eigenvalue weighted by Gasteiger charge is -2.25. The minimum absolute atomic E-state index is 0.348. The lowest BCUT2D eigenvalue weighted by atomic mass is 10.3. The molecule has 0 unspecified atom stereocenters. The van der Waals surface area contributed by atoms with Gasteiger partial charge < -0.3 is 0 Å². The molecule has 0 fully saturated rings. The summed E-state index contributed by atoms with van der Waals surface area (Å²) in [6.07, 6.45) is 0. The maximum atomic E-state index is 11.2. The smallest absolute Gasteiger partial charge is 0.269 e. The van der Waals surface area contributed by atoms with E-state index in [1.807, 2.05) is 0 Å². The number of hydrogen-bond acceptors (Lipinski definition) is 2. The molecule has 0 heterocycles. The van der Waals surface area contributed by atoms with E-state index in [1.165, 1.54) is 0 Å². The molecule has 1 N–H and O–H groups in total. The third-order valence-corrected chi connectivity index (χ3v) is 3.59. The summed E-state index contributed by atoms with van der Waals surface area (Å²) in [5.41, 5.74) is 0.426. The highest BCUT2D eigenvalue weighted by Crippen LogP contribution is 2.28.